The fourth-order valence-corrected chi connectivity index (χ4v) is 4.53. The minimum absolute atomic E-state index is 0.190. The van der Waals surface area contributed by atoms with E-state index in [9.17, 15) is 4.79 Å². The molecule has 1 N–H and O–H groups in total. The molecule has 8 heteroatoms. The zero-order valence-electron chi connectivity index (χ0n) is 18.6. The van der Waals surface area contributed by atoms with Gasteiger partial charge >= 0.3 is 5.91 Å². The molecular formula is C26H22BrIN2O4. The summed E-state index contributed by atoms with van der Waals surface area (Å²) in [5, 5.41) is 4.92. The number of aryl methyl sites for hydroxylation is 1. The number of fused-ring (bicyclic) bond motifs is 1. The fourth-order valence-electron chi connectivity index (χ4n) is 3.37. The standard InChI is InChI=1S/C26H22BrIN2O4/c1-3-32-23-11-18(10-21(28)25(23)33-15-17-6-4-5-16(2)9-17)14-29-30-26(31)24-13-19-12-20(27)7-8-22(19)34-24/h4-14H,3,15H2,1-2H3,(H,30,31)/b29-14+. The Morgan fingerprint density at radius 1 is 1.15 bits per heavy atom. The Balaban J connectivity index is 1.46. The van der Waals surface area contributed by atoms with E-state index in [1.165, 1.54) is 5.56 Å². The smallest absolute Gasteiger partial charge is 0.307 e. The molecule has 0 unspecified atom stereocenters. The number of benzene rings is 3. The molecule has 3 aromatic carbocycles. The third-order valence-electron chi connectivity index (χ3n) is 4.88. The van der Waals surface area contributed by atoms with Crippen LogP contribution >= 0.6 is 38.5 Å². The van der Waals surface area contributed by atoms with Gasteiger partial charge in [0, 0.05) is 9.86 Å². The van der Waals surface area contributed by atoms with Crippen molar-refractivity contribution in [1.29, 1.82) is 0 Å². The second-order valence-corrected chi connectivity index (χ2v) is 9.61. The molecule has 4 aromatic rings. The van der Waals surface area contributed by atoms with Gasteiger partial charge in [-0.05, 0) is 84.0 Å². The van der Waals surface area contributed by atoms with Gasteiger partial charge in [0.1, 0.15) is 12.2 Å². The molecule has 6 nitrogen and oxygen atoms in total. The van der Waals surface area contributed by atoms with Gasteiger partial charge in [-0.25, -0.2) is 5.43 Å². The summed E-state index contributed by atoms with van der Waals surface area (Å²) < 4.78 is 19.3. The number of halogens is 2. The highest BCUT2D eigenvalue weighted by Gasteiger charge is 2.14. The minimum atomic E-state index is -0.429. The Kier molecular flexibility index (Phi) is 7.89. The molecule has 1 amide bonds. The second kappa shape index (κ2) is 11.1. The van der Waals surface area contributed by atoms with Gasteiger partial charge in [0.2, 0.25) is 0 Å². The van der Waals surface area contributed by atoms with Crippen LogP contribution in [0.15, 0.2) is 74.7 Å². The predicted molar refractivity (Wildman–Crippen MR) is 145 cm³/mol. The number of hydrogen-bond donors (Lipinski definition) is 1. The average Bonchev–Trinajstić information content (AvgIpc) is 3.22. The van der Waals surface area contributed by atoms with Crippen molar-refractivity contribution < 1.29 is 18.7 Å². The van der Waals surface area contributed by atoms with Gasteiger partial charge < -0.3 is 13.9 Å². The molecule has 0 aliphatic heterocycles. The lowest BCUT2D eigenvalue weighted by Crippen LogP contribution is -2.16. The number of amides is 1. The van der Waals surface area contributed by atoms with E-state index in [1.54, 1.807) is 18.3 Å². The number of hydrogen-bond acceptors (Lipinski definition) is 5. The van der Waals surface area contributed by atoms with Crippen LogP contribution in [0.25, 0.3) is 11.0 Å². The number of ether oxygens (including phenoxy) is 2. The lowest BCUT2D eigenvalue weighted by molar-refractivity contribution is 0.0929. The van der Waals surface area contributed by atoms with E-state index in [0.29, 0.717) is 30.3 Å². The zero-order valence-corrected chi connectivity index (χ0v) is 22.3. The van der Waals surface area contributed by atoms with E-state index in [-0.39, 0.29) is 5.76 Å². The first-order chi connectivity index (χ1) is 16.4. The molecule has 4 rings (SSSR count). The molecule has 0 fully saturated rings. The summed E-state index contributed by atoms with van der Waals surface area (Å²) in [6, 6.07) is 19.2. The van der Waals surface area contributed by atoms with E-state index < -0.39 is 5.91 Å². The molecule has 0 saturated heterocycles. The van der Waals surface area contributed by atoms with Crippen molar-refractivity contribution in [3.8, 4) is 11.5 Å². The second-order valence-electron chi connectivity index (χ2n) is 7.53. The van der Waals surface area contributed by atoms with E-state index in [4.69, 9.17) is 13.9 Å². The van der Waals surface area contributed by atoms with Crippen LogP contribution in [0, 0.1) is 10.5 Å². The van der Waals surface area contributed by atoms with Crippen LogP contribution in [0.4, 0.5) is 0 Å². The molecule has 0 aliphatic carbocycles. The van der Waals surface area contributed by atoms with Crippen molar-refractivity contribution in [3.05, 3.63) is 91.2 Å². The number of rotatable bonds is 8. The van der Waals surface area contributed by atoms with Crippen LogP contribution in [0.3, 0.4) is 0 Å². The molecule has 1 heterocycles. The molecule has 34 heavy (non-hydrogen) atoms. The van der Waals surface area contributed by atoms with Crippen LogP contribution in [0.5, 0.6) is 11.5 Å². The maximum atomic E-state index is 12.4. The van der Waals surface area contributed by atoms with E-state index >= 15 is 0 Å². The van der Waals surface area contributed by atoms with Crippen LogP contribution in [0.2, 0.25) is 0 Å². The number of hydrazone groups is 1. The summed E-state index contributed by atoms with van der Waals surface area (Å²) in [6.07, 6.45) is 1.56. The van der Waals surface area contributed by atoms with Crippen molar-refractivity contribution >= 4 is 61.6 Å². The SMILES string of the molecule is CCOc1cc(/C=N/NC(=O)c2cc3cc(Br)ccc3o2)cc(I)c1OCc1cccc(C)c1. The third-order valence-corrected chi connectivity index (χ3v) is 6.17. The van der Waals surface area contributed by atoms with Crippen molar-refractivity contribution in [3.63, 3.8) is 0 Å². The monoisotopic (exact) mass is 632 g/mol. The van der Waals surface area contributed by atoms with Gasteiger partial charge in [0.15, 0.2) is 17.3 Å². The molecule has 1 aromatic heterocycles. The van der Waals surface area contributed by atoms with Gasteiger partial charge in [-0.3, -0.25) is 4.79 Å². The lowest BCUT2D eigenvalue weighted by Gasteiger charge is -2.15. The number of carbonyl (C=O) groups excluding carboxylic acids is 1. The molecule has 0 radical (unpaired) electrons. The first-order valence-electron chi connectivity index (χ1n) is 10.6. The molecule has 0 aliphatic rings. The maximum absolute atomic E-state index is 12.4. The van der Waals surface area contributed by atoms with Gasteiger partial charge in [-0.2, -0.15) is 5.10 Å². The van der Waals surface area contributed by atoms with Crippen LogP contribution < -0.4 is 14.9 Å². The highest BCUT2D eigenvalue weighted by atomic mass is 127. The molecule has 0 spiro atoms. The lowest BCUT2D eigenvalue weighted by atomic mass is 10.1. The fraction of sp³-hybridized carbons (Fsp3) is 0.154. The topological polar surface area (TPSA) is 73.1 Å². The van der Waals surface area contributed by atoms with E-state index in [2.05, 4.69) is 68.1 Å². The molecular weight excluding hydrogens is 611 g/mol. The Hall–Kier alpha value is -2.85. The average molecular weight is 633 g/mol. The van der Waals surface area contributed by atoms with Crippen LogP contribution in [-0.2, 0) is 6.61 Å². The molecule has 174 valence electrons. The summed E-state index contributed by atoms with van der Waals surface area (Å²) in [4.78, 5) is 12.4. The quantitative estimate of drug-likeness (QED) is 0.131. The maximum Gasteiger partial charge on any atom is 0.307 e. The van der Waals surface area contributed by atoms with Gasteiger partial charge in [-0.15, -0.1) is 0 Å². The summed E-state index contributed by atoms with van der Waals surface area (Å²) in [6.45, 7) is 4.91. The Bertz CT molecular complexity index is 1370. The van der Waals surface area contributed by atoms with Crippen LogP contribution in [0.1, 0.15) is 34.2 Å². The zero-order chi connectivity index (χ0) is 24.1. The summed E-state index contributed by atoms with van der Waals surface area (Å²) in [7, 11) is 0. The molecule has 0 saturated carbocycles. The van der Waals surface area contributed by atoms with E-state index in [0.717, 1.165) is 24.6 Å². The normalized spacial score (nSPS) is 11.2. The predicted octanol–water partition coefficient (Wildman–Crippen LogP) is 6.85. The van der Waals surface area contributed by atoms with E-state index in [1.807, 2.05) is 43.3 Å². The van der Waals surface area contributed by atoms with Gasteiger partial charge in [0.05, 0.1) is 16.4 Å². The number of nitrogens with zero attached hydrogens (tertiary/aromatic N) is 1. The Morgan fingerprint density at radius 3 is 2.79 bits per heavy atom. The number of nitrogens with one attached hydrogen (secondary N) is 1. The summed E-state index contributed by atoms with van der Waals surface area (Å²) >= 11 is 5.63. The summed E-state index contributed by atoms with van der Waals surface area (Å²) in [5.41, 5.74) is 6.19. The van der Waals surface area contributed by atoms with Crippen molar-refractivity contribution in [2.75, 3.05) is 6.61 Å². The van der Waals surface area contributed by atoms with Crippen molar-refractivity contribution in [2.24, 2.45) is 5.10 Å². The van der Waals surface area contributed by atoms with Crippen molar-refractivity contribution in [1.82, 2.24) is 5.43 Å². The number of carbonyl (C=O) groups is 1. The van der Waals surface area contributed by atoms with Gasteiger partial charge in [-0.1, -0.05) is 45.8 Å². The summed E-state index contributed by atoms with van der Waals surface area (Å²) in [5.74, 6) is 1.06. The highest BCUT2D eigenvalue weighted by Crippen LogP contribution is 2.34. The first kappa shape index (κ1) is 24.3. The van der Waals surface area contributed by atoms with Gasteiger partial charge in [0.25, 0.3) is 0 Å². The Morgan fingerprint density at radius 2 is 2.00 bits per heavy atom. The third kappa shape index (κ3) is 5.98. The first-order valence-corrected chi connectivity index (χ1v) is 12.5. The largest absolute Gasteiger partial charge is 0.490 e. The Labute approximate surface area is 219 Å². The van der Waals surface area contributed by atoms with Crippen LogP contribution in [-0.4, -0.2) is 18.7 Å². The molecule has 0 atom stereocenters. The van der Waals surface area contributed by atoms with Crippen molar-refractivity contribution in [2.45, 2.75) is 20.5 Å². The highest BCUT2D eigenvalue weighted by molar-refractivity contribution is 14.1. The number of furan rings is 1. The minimum Gasteiger partial charge on any atom is -0.490 e. The molecule has 0 bridgehead atoms.